The fraction of sp³-hybridized carbons (Fsp3) is 0.700. The van der Waals surface area contributed by atoms with Crippen LogP contribution in [0.25, 0.3) is 0 Å². The van der Waals surface area contributed by atoms with Crippen molar-refractivity contribution >= 4 is 23.2 Å². The second-order valence-corrected chi connectivity index (χ2v) is 8.63. The number of carbonyl (C=O) groups excluding carboxylic acids is 2. The lowest BCUT2D eigenvalue weighted by molar-refractivity contribution is -0.133. The number of nitrogens with one attached hydrogen (secondary N) is 1. The van der Waals surface area contributed by atoms with Crippen LogP contribution < -0.4 is 5.32 Å². The van der Waals surface area contributed by atoms with Crippen LogP contribution in [0, 0.1) is 5.92 Å². The average Bonchev–Trinajstić information content (AvgIpc) is 3.34. The number of hydrogen-bond acceptors (Lipinski definition) is 4. The van der Waals surface area contributed by atoms with Gasteiger partial charge in [-0.25, -0.2) is 0 Å². The minimum absolute atomic E-state index is 0.0564. The Balaban J connectivity index is 1.33. The summed E-state index contributed by atoms with van der Waals surface area (Å²) in [7, 11) is 0. The Hall–Kier alpha value is -1.40. The summed E-state index contributed by atoms with van der Waals surface area (Å²) in [5.74, 6) is 1.13. The Bertz CT molecular complexity index is 576. The lowest BCUT2D eigenvalue weighted by atomic mass is 10.0. The molecule has 1 saturated carbocycles. The van der Waals surface area contributed by atoms with E-state index in [1.54, 1.807) is 11.3 Å². The summed E-state index contributed by atoms with van der Waals surface area (Å²) in [5, 5.41) is 5.09. The van der Waals surface area contributed by atoms with Crippen LogP contribution in [0.1, 0.15) is 56.4 Å². The highest BCUT2D eigenvalue weighted by molar-refractivity contribution is 7.10. The molecular weight excluding hydrogens is 346 g/mol. The predicted molar refractivity (Wildman–Crippen MR) is 105 cm³/mol. The van der Waals surface area contributed by atoms with Gasteiger partial charge in [0.05, 0.1) is 12.6 Å². The number of carbonyl (C=O) groups is 2. The van der Waals surface area contributed by atoms with Crippen molar-refractivity contribution in [2.45, 2.75) is 51.5 Å². The Morgan fingerprint density at radius 1 is 1.23 bits per heavy atom. The average molecular weight is 378 g/mol. The number of thiophene rings is 1. The third-order valence-electron chi connectivity index (χ3n) is 5.68. The minimum Gasteiger partial charge on any atom is -0.348 e. The van der Waals surface area contributed by atoms with E-state index in [0.717, 1.165) is 38.5 Å². The number of nitrogens with zero attached hydrogens (tertiary/aromatic N) is 2. The Morgan fingerprint density at radius 2 is 1.96 bits per heavy atom. The highest BCUT2D eigenvalue weighted by Gasteiger charge is 2.24. The van der Waals surface area contributed by atoms with E-state index < -0.39 is 0 Å². The van der Waals surface area contributed by atoms with Crippen molar-refractivity contribution in [3.63, 3.8) is 0 Å². The Labute approximate surface area is 160 Å². The molecule has 1 aliphatic carbocycles. The molecular formula is C20H31N3O2S. The molecule has 1 aromatic rings. The SMILES string of the molecule is CC(NC(=O)CN1CCN(C(=O)CCC2CCCC2)CC1)c1cccs1. The molecule has 1 aromatic heterocycles. The van der Waals surface area contributed by atoms with Crippen LogP contribution in [0.3, 0.4) is 0 Å². The summed E-state index contributed by atoms with van der Waals surface area (Å²) in [6.07, 6.45) is 7.04. The van der Waals surface area contributed by atoms with Gasteiger partial charge in [-0.15, -0.1) is 11.3 Å². The first-order valence-electron chi connectivity index (χ1n) is 9.94. The molecule has 144 valence electrons. The summed E-state index contributed by atoms with van der Waals surface area (Å²) in [6.45, 7) is 5.50. The fourth-order valence-electron chi connectivity index (χ4n) is 4.04. The molecule has 0 bridgehead atoms. The molecule has 1 atom stereocenters. The zero-order valence-corrected chi connectivity index (χ0v) is 16.6. The van der Waals surface area contributed by atoms with Gasteiger partial charge in [0.15, 0.2) is 0 Å². The molecule has 1 aliphatic heterocycles. The van der Waals surface area contributed by atoms with Gasteiger partial charge in [0.1, 0.15) is 0 Å². The van der Waals surface area contributed by atoms with Crippen molar-refractivity contribution in [3.05, 3.63) is 22.4 Å². The first-order chi connectivity index (χ1) is 12.6. The first kappa shape index (κ1) is 19.4. The molecule has 1 saturated heterocycles. The van der Waals surface area contributed by atoms with Crippen LogP contribution in [0.2, 0.25) is 0 Å². The minimum atomic E-state index is 0.0564. The molecule has 0 radical (unpaired) electrons. The quantitative estimate of drug-likeness (QED) is 0.795. The molecule has 2 heterocycles. The van der Waals surface area contributed by atoms with Crippen LogP contribution in [-0.4, -0.2) is 54.3 Å². The van der Waals surface area contributed by atoms with Crippen LogP contribution in [0.15, 0.2) is 17.5 Å². The van der Waals surface area contributed by atoms with E-state index in [2.05, 4.69) is 10.2 Å². The third-order valence-corrected chi connectivity index (χ3v) is 6.74. The zero-order valence-electron chi connectivity index (χ0n) is 15.8. The molecule has 2 amide bonds. The molecule has 0 aromatic carbocycles. The summed E-state index contributed by atoms with van der Waals surface area (Å²) in [5.41, 5.74) is 0. The summed E-state index contributed by atoms with van der Waals surface area (Å²) < 4.78 is 0. The fourth-order valence-corrected chi connectivity index (χ4v) is 4.77. The smallest absolute Gasteiger partial charge is 0.234 e. The summed E-state index contributed by atoms with van der Waals surface area (Å²) in [6, 6.07) is 4.11. The zero-order chi connectivity index (χ0) is 18.4. The van der Waals surface area contributed by atoms with Crippen molar-refractivity contribution in [3.8, 4) is 0 Å². The van der Waals surface area contributed by atoms with Gasteiger partial charge < -0.3 is 10.2 Å². The first-order valence-corrected chi connectivity index (χ1v) is 10.8. The molecule has 6 heteroatoms. The number of hydrogen-bond donors (Lipinski definition) is 1. The van der Waals surface area contributed by atoms with E-state index in [0.29, 0.717) is 18.9 Å². The maximum Gasteiger partial charge on any atom is 0.234 e. The molecule has 2 aliphatic rings. The lowest BCUT2D eigenvalue weighted by Gasteiger charge is -2.34. The molecule has 1 unspecified atom stereocenters. The van der Waals surface area contributed by atoms with Gasteiger partial charge in [0.2, 0.25) is 11.8 Å². The van der Waals surface area contributed by atoms with E-state index in [-0.39, 0.29) is 11.9 Å². The molecule has 2 fully saturated rings. The molecule has 26 heavy (non-hydrogen) atoms. The predicted octanol–water partition coefficient (Wildman–Crippen LogP) is 3.04. The van der Waals surface area contributed by atoms with E-state index in [9.17, 15) is 9.59 Å². The van der Waals surface area contributed by atoms with Crippen molar-refractivity contribution in [2.75, 3.05) is 32.7 Å². The van der Waals surface area contributed by atoms with Crippen molar-refractivity contribution in [2.24, 2.45) is 5.92 Å². The van der Waals surface area contributed by atoms with E-state index in [1.807, 2.05) is 29.3 Å². The maximum atomic E-state index is 12.4. The largest absolute Gasteiger partial charge is 0.348 e. The van der Waals surface area contributed by atoms with E-state index in [1.165, 1.54) is 30.6 Å². The Kier molecular flexibility index (Phi) is 7.08. The van der Waals surface area contributed by atoms with Gasteiger partial charge in [0, 0.05) is 37.5 Å². The van der Waals surface area contributed by atoms with Gasteiger partial charge in [-0.3, -0.25) is 14.5 Å². The molecule has 0 spiro atoms. The topological polar surface area (TPSA) is 52.7 Å². The van der Waals surface area contributed by atoms with Crippen molar-refractivity contribution in [1.82, 2.24) is 15.1 Å². The second kappa shape index (κ2) is 9.51. The van der Waals surface area contributed by atoms with Gasteiger partial charge in [-0.2, -0.15) is 0 Å². The highest BCUT2D eigenvalue weighted by Crippen LogP contribution is 2.28. The molecule has 3 rings (SSSR count). The molecule has 5 nitrogen and oxygen atoms in total. The van der Waals surface area contributed by atoms with Crippen molar-refractivity contribution in [1.29, 1.82) is 0 Å². The standard InChI is InChI=1S/C20H31N3O2S/c1-16(18-7-4-14-26-18)21-19(24)15-22-10-12-23(13-11-22)20(25)9-8-17-5-2-3-6-17/h4,7,14,16-17H,2-3,5-6,8-13,15H2,1H3,(H,21,24). The van der Waals surface area contributed by atoms with Crippen LogP contribution in [-0.2, 0) is 9.59 Å². The highest BCUT2D eigenvalue weighted by atomic mass is 32.1. The van der Waals surface area contributed by atoms with Crippen LogP contribution in [0.5, 0.6) is 0 Å². The molecule has 1 N–H and O–H groups in total. The van der Waals surface area contributed by atoms with Crippen molar-refractivity contribution < 1.29 is 9.59 Å². The number of rotatable bonds is 7. The normalized spacial score (nSPS) is 20.3. The number of amides is 2. The van der Waals surface area contributed by atoms with Gasteiger partial charge in [-0.1, -0.05) is 31.7 Å². The lowest BCUT2D eigenvalue weighted by Crippen LogP contribution is -2.51. The van der Waals surface area contributed by atoms with Gasteiger partial charge >= 0.3 is 0 Å². The third kappa shape index (κ3) is 5.55. The number of piperazine rings is 1. The Morgan fingerprint density at radius 3 is 2.62 bits per heavy atom. The summed E-state index contributed by atoms with van der Waals surface area (Å²) in [4.78, 5) is 30.0. The maximum absolute atomic E-state index is 12.4. The van der Waals surface area contributed by atoms with E-state index >= 15 is 0 Å². The summed E-state index contributed by atoms with van der Waals surface area (Å²) >= 11 is 1.66. The second-order valence-electron chi connectivity index (χ2n) is 7.65. The van der Waals surface area contributed by atoms with Crippen LogP contribution in [0.4, 0.5) is 0 Å². The van der Waals surface area contributed by atoms with Gasteiger partial charge in [-0.05, 0) is 30.7 Å². The van der Waals surface area contributed by atoms with E-state index in [4.69, 9.17) is 0 Å². The van der Waals surface area contributed by atoms with Gasteiger partial charge in [0.25, 0.3) is 0 Å². The monoisotopic (exact) mass is 377 g/mol. The van der Waals surface area contributed by atoms with Crippen LogP contribution >= 0.6 is 11.3 Å².